The first-order chi connectivity index (χ1) is 10.3. The van der Waals surface area contributed by atoms with Crippen molar-refractivity contribution in [3.05, 3.63) is 12.2 Å². The van der Waals surface area contributed by atoms with Crippen molar-refractivity contribution in [3.8, 4) is 0 Å². The maximum atomic E-state index is 11.8. The van der Waals surface area contributed by atoms with Crippen molar-refractivity contribution in [2.24, 2.45) is 23.7 Å². The van der Waals surface area contributed by atoms with E-state index in [1.54, 1.807) is 0 Å². The summed E-state index contributed by atoms with van der Waals surface area (Å²) in [5, 5.41) is 18.2. The molecule has 0 fully saturated rings. The number of hydrogen-bond donors (Lipinski definition) is 2. The Morgan fingerprint density at radius 3 is 2.18 bits per heavy atom. The van der Waals surface area contributed by atoms with Crippen LogP contribution in [0.15, 0.2) is 12.2 Å². The van der Waals surface area contributed by atoms with E-state index < -0.39 is 47.5 Å². The van der Waals surface area contributed by atoms with E-state index in [-0.39, 0.29) is 12.8 Å². The Bertz CT molecular complexity index is 495. The first kappa shape index (κ1) is 17.7. The van der Waals surface area contributed by atoms with Crippen LogP contribution in [0.2, 0.25) is 0 Å². The molecule has 0 heterocycles. The summed E-state index contributed by atoms with van der Waals surface area (Å²) in [6.07, 6.45) is 2.38. The third kappa shape index (κ3) is 4.06. The number of carbonyl (C=O) groups excluding carboxylic acids is 2. The minimum absolute atomic E-state index is 0.0699. The number of carbonyl (C=O) groups is 4. The Morgan fingerprint density at radius 1 is 1.09 bits per heavy atom. The molecule has 0 radical (unpaired) electrons. The molecule has 8 heteroatoms. The predicted molar refractivity (Wildman–Crippen MR) is 71.6 cm³/mol. The molecule has 0 saturated heterocycles. The molecule has 4 unspecified atom stereocenters. The highest BCUT2D eigenvalue weighted by Crippen LogP contribution is 2.35. The number of rotatable bonds is 6. The summed E-state index contributed by atoms with van der Waals surface area (Å²) in [6.45, 7) is 0. The first-order valence-electron chi connectivity index (χ1n) is 6.60. The summed E-state index contributed by atoms with van der Waals surface area (Å²) in [4.78, 5) is 45.6. The van der Waals surface area contributed by atoms with E-state index in [0.717, 1.165) is 7.11 Å². The van der Waals surface area contributed by atoms with E-state index in [4.69, 9.17) is 5.11 Å². The summed E-state index contributed by atoms with van der Waals surface area (Å²) in [6, 6.07) is 0. The molecule has 2 N–H and O–H groups in total. The number of carboxylic acids is 2. The predicted octanol–water partition coefficient (Wildman–Crippen LogP) is 0.316. The number of carboxylic acid groups (broad SMARTS) is 2. The molecule has 1 aliphatic rings. The summed E-state index contributed by atoms with van der Waals surface area (Å²) < 4.78 is 9.16. The second-order valence-electron chi connectivity index (χ2n) is 5.00. The second-order valence-corrected chi connectivity index (χ2v) is 5.00. The lowest BCUT2D eigenvalue weighted by molar-refractivity contribution is -0.156. The van der Waals surface area contributed by atoms with Crippen LogP contribution in [0.1, 0.15) is 12.8 Å². The fourth-order valence-corrected chi connectivity index (χ4v) is 2.55. The standard InChI is InChI=1S/C14H18O8/c1-21-11(15)6-9(14(20)22-2)7-3-4-8(12(16)17)10(5-7)13(18)19/h3-4,7-10H,5-6H2,1-2H3,(H,16,17)(H,18,19). The average Bonchev–Trinajstić information content (AvgIpc) is 2.50. The minimum Gasteiger partial charge on any atom is -0.481 e. The molecule has 0 aromatic carbocycles. The van der Waals surface area contributed by atoms with E-state index >= 15 is 0 Å². The normalized spacial score (nSPS) is 25.1. The van der Waals surface area contributed by atoms with E-state index in [9.17, 15) is 24.3 Å². The molecule has 1 aliphatic carbocycles. The Kier molecular flexibility index (Phi) is 6.09. The zero-order valence-electron chi connectivity index (χ0n) is 12.2. The maximum absolute atomic E-state index is 11.8. The summed E-state index contributed by atoms with van der Waals surface area (Å²) in [5.41, 5.74) is 0. The summed E-state index contributed by atoms with van der Waals surface area (Å²) in [7, 11) is 2.34. The lowest BCUT2D eigenvalue weighted by Crippen LogP contribution is -2.37. The fraction of sp³-hybridized carbons (Fsp3) is 0.571. The van der Waals surface area contributed by atoms with E-state index in [2.05, 4.69) is 9.47 Å². The molecule has 22 heavy (non-hydrogen) atoms. The van der Waals surface area contributed by atoms with Crippen LogP contribution in [0.25, 0.3) is 0 Å². The third-order valence-corrected chi connectivity index (χ3v) is 3.76. The molecule has 8 nitrogen and oxygen atoms in total. The van der Waals surface area contributed by atoms with E-state index in [0.29, 0.717) is 0 Å². The van der Waals surface area contributed by atoms with Crippen molar-refractivity contribution < 1.29 is 38.9 Å². The van der Waals surface area contributed by atoms with Gasteiger partial charge in [0.1, 0.15) is 0 Å². The van der Waals surface area contributed by atoms with Gasteiger partial charge < -0.3 is 19.7 Å². The SMILES string of the molecule is COC(=O)CC(C(=O)OC)C1C=CC(C(=O)O)C(C(=O)O)C1. The molecular weight excluding hydrogens is 296 g/mol. The highest BCUT2D eigenvalue weighted by molar-refractivity contribution is 5.83. The molecule has 0 bridgehead atoms. The van der Waals surface area contributed by atoms with Crippen molar-refractivity contribution in [2.75, 3.05) is 14.2 Å². The van der Waals surface area contributed by atoms with Crippen LogP contribution in [-0.4, -0.2) is 48.3 Å². The molecule has 0 amide bonds. The topological polar surface area (TPSA) is 127 Å². The minimum atomic E-state index is -1.26. The van der Waals surface area contributed by atoms with E-state index in [1.165, 1.54) is 19.3 Å². The quantitative estimate of drug-likeness (QED) is 0.530. The van der Waals surface area contributed by atoms with Gasteiger partial charge in [-0.1, -0.05) is 12.2 Å². The smallest absolute Gasteiger partial charge is 0.311 e. The number of hydrogen-bond acceptors (Lipinski definition) is 6. The number of methoxy groups -OCH3 is 2. The second kappa shape index (κ2) is 7.58. The maximum Gasteiger partial charge on any atom is 0.311 e. The lowest BCUT2D eigenvalue weighted by Gasteiger charge is -2.30. The molecule has 1 rings (SSSR count). The third-order valence-electron chi connectivity index (χ3n) is 3.76. The molecular formula is C14H18O8. The van der Waals surface area contributed by atoms with Crippen molar-refractivity contribution in [3.63, 3.8) is 0 Å². The number of aliphatic carboxylic acids is 2. The van der Waals surface area contributed by atoms with Crippen molar-refractivity contribution >= 4 is 23.9 Å². The van der Waals surface area contributed by atoms with Gasteiger partial charge in [-0.2, -0.15) is 0 Å². The van der Waals surface area contributed by atoms with Gasteiger partial charge in [0.05, 0.1) is 38.4 Å². The van der Waals surface area contributed by atoms with Crippen LogP contribution in [0.3, 0.4) is 0 Å². The van der Waals surface area contributed by atoms with Gasteiger partial charge in [-0.3, -0.25) is 19.2 Å². The molecule has 0 aliphatic heterocycles. The Hall–Kier alpha value is -2.38. The van der Waals surface area contributed by atoms with Gasteiger partial charge in [0.2, 0.25) is 0 Å². The monoisotopic (exact) mass is 314 g/mol. The Labute approximate surface area is 126 Å². The highest BCUT2D eigenvalue weighted by Gasteiger charge is 2.41. The molecule has 0 aromatic rings. The summed E-state index contributed by atoms with van der Waals surface area (Å²) in [5.74, 6) is -7.65. The van der Waals surface area contributed by atoms with Gasteiger partial charge in [-0.25, -0.2) is 0 Å². The molecule has 0 aromatic heterocycles. The number of esters is 2. The fourth-order valence-electron chi connectivity index (χ4n) is 2.55. The van der Waals surface area contributed by atoms with Gasteiger partial charge in [0.15, 0.2) is 0 Å². The zero-order valence-corrected chi connectivity index (χ0v) is 12.2. The van der Waals surface area contributed by atoms with Crippen molar-refractivity contribution in [2.45, 2.75) is 12.8 Å². The highest BCUT2D eigenvalue weighted by atomic mass is 16.5. The average molecular weight is 314 g/mol. The van der Waals surface area contributed by atoms with Crippen LogP contribution in [0, 0.1) is 23.7 Å². The van der Waals surface area contributed by atoms with Gasteiger partial charge >= 0.3 is 23.9 Å². The van der Waals surface area contributed by atoms with Crippen molar-refractivity contribution in [1.29, 1.82) is 0 Å². The van der Waals surface area contributed by atoms with Crippen molar-refractivity contribution in [1.82, 2.24) is 0 Å². The van der Waals surface area contributed by atoms with Crippen LogP contribution in [0.4, 0.5) is 0 Å². The zero-order chi connectivity index (χ0) is 16.9. The molecule has 0 saturated carbocycles. The molecule has 4 atom stereocenters. The van der Waals surface area contributed by atoms with Gasteiger partial charge in [0, 0.05) is 0 Å². The number of ether oxygens (including phenoxy) is 2. The van der Waals surface area contributed by atoms with E-state index in [1.807, 2.05) is 0 Å². The van der Waals surface area contributed by atoms with Crippen LogP contribution in [0.5, 0.6) is 0 Å². The number of allylic oxidation sites excluding steroid dienone is 1. The van der Waals surface area contributed by atoms with Crippen LogP contribution in [-0.2, 0) is 28.7 Å². The van der Waals surface area contributed by atoms with Gasteiger partial charge in [-0.05, 0) is 12.3 Å². The van der Waals surface area contributed by atoms with Crippen LogP contribution < -0.4 is 0 Å². The first-order valence-corrected chi connectivity index (χ1v) is 6.60. The Balaban J connectivity index is 3.03. The van der Waals surface area contributed by atoms with Gasteiger partial charge in [-0.15, -0.1) is 0 Å². The largest absolute Gasteiger partial charge is 0.481 e. The van der Waals surface area contributed by atoms with Crippen LogP contribution >= 0.6 is 0 Å². The Morgan fingerprint density at radius 2 is 1.73 bits per heavy atom. The lowest BCUT2D eigenvalue weighted by atomic mass is 9.73. The van der Waals surface area contributed by atoms with Gasteiger partial charge in [0.25, 0.3) is 0 Å². The summed E-state index contributed by atoms with van der Waals surface area (Å²) >= 11 is 0. The molecule has 122 valence electrons. The molecule has 0 spiro atoms.